The third-order valence-electron chi connectivity index (χ3n) is 6.71. The molecule has 3 amide bonds. The molecule has 0 saturated heterocycles. The fraction of sp³-hybridized carbons (Fsp3) is 0.355. The Morgan fingerprint density at radius 1 is 1.07 bits per heavy atom. The first-order valence-corrected chi connectivity index (χ1v) is 13.3. The summed E-state index contributed by atoms with van der Waals surface area (Å²) in [6, 6.07) is 8.65. The first kappa shape index (κ1) is 32.9. The largest absolute Gasteiger partial charge is 0.370 e. The van der Waals surface area contributed by atoms with E-state index < -0.39 is 23.6 Å². The standard InChI is InChI=1S/C19H20F2N2O2.C12H18N2O2/c1-10-4-5-11(2)18(12(10)3)13-6-14(19(21)15(20)7-13)16(23-9-24)8-17(22)25;1-9(2)6-7-13-11(15)10-5-4-8-14(3)12(10)16/h4-7,9,16H,8H2,1-3H3,(H2,22,25)(H,23,24);4-5,8-9H,6-7H2,1-3H3,(H,13,15)/t16-;/m0./s1. The summed E-state index contributed by atoms with van der Waals surface area (Å²) in [5, 5.41) is 5.08. The molecule has 0 fully saturated rings. The Morgan fingerprint density at radius 3 is 2.34 bits per heavy atom. The fourth-order valence-corrected chi connectivity index (χ4v) is 4.29. The van der Waals surface area contributed by atoms with Gasteiger partial charge >= 0.3 is 0 Å². The van der Waals surface area contributed by atoms with Crippen molar-refractivity contribution in [2.75, 3.05) is 6.54 Å². The Hall–Kier alpha value is -4.34. The molecule has 1 heterocycles. The average molecular weight is 569 g/mol. The Bertz CT molecular complexity index is 1470. The van der Waals surface area contributed by atoms with Crippen LogP contribution in [-0.2, 0) is 16.6 Å². The van der Waals surface area contributed by atoms with Crippen LogP contribution in [0.15, 0.2) is 47.4 Å². The molecule has 0 aliphatic carbocycles. The Labute approximate surface area is 239 Å². The Morgan fingerprint density at radius 2 is 1.73 bits per heavy atom. The second kappa shape index (κ2) is 14.9. The highest BCUT2D eigenvalue weighted by Crippen LogP contribution is 2.33. The minimum Gasteiger partial charge on any atom is -0.370 e. The van der Waals surface area contributed by atoms with Gasteiger partial charge in [0.15, 0.2) is 11.6 Å². The number of nitrogens with one attached hydrogen (secondary N) is 2. The second-order valence-electron chi connectivity index (χ2n) is 10.3. The van der Waals surface area contributed by atoms with Crippen LogP contribution in [-0.4, -0.2) is 29.3 Å². The molecule has 4 N–H and O–H groups in total. The average Bonchev–Trinajstić information content (AvgIpc) is 2.89. The van der Waals surface area contributed by atoms with Crippen molar-refractivity contribution in [1.82, 2.24) is 15.2 Å². The first-order chi connectivity index (χ1) is 19.3. The van der Waals surface area contributed by atoms with E-state index in [1.165, 1.54) is 10.6 Å². The predicted octanol–water partition coefficient (Wildman–Crippen LogP) is 4.38. The maximum absolute atomic E-state index is 14.3. The number of primary amides is 1. The molecule has 0 radical (unpaired) electrons. The van der Waals surface area contributed by atoms with Gasteiger partial charge in [0.25, 0.3) is 11.5 Å². The molecule has 41 heavy (non-hydrogen) atoms. The summed E-state index contributed by atoms with van der Waals surface area (Å²) in [4.78, 5) is 45.3. The van der Waals surface area contributed by atoms with Crippen molar-refractivity contribution in [2.24, 2.45) is 18.7 Å². The van der Waals surface area contributed by atoms with E-state index >= 15 is 0 Å². The van der Waals surface area contributed by atoms with E-state index in [0.717, 1.165) is 34.7 Å². The minimum absolute atomic E-state index is 0.110. The lowest BCUT2D eigenvalue weighted by molar-refractivity contribution is -0.118. The topological polar surface area (TPSA) is 123 Å². The number of halogens is 2. The zero-order chi connectivity index (χ0) is 30.9. The number of hydrogen-bond acceptors (Lipinski definition) is 4. The van der Waals surface area contributed by atoms with Gasteiger partial charge in [-0.2, -0.15) is 0 Å². The number of aromatic nitrogens is 1. The van der Waals surface area contributed by atoms with E-state index in [9.17, 15) is 28.0 Å². The molecule has 0 spiro atoms. The van der Waals surface area contributed by atoms with Gasteiger partial charge in [-0.25, -0.2) is 8.78 Å². The van der Waals surface area contributed by atoms with E-state index in [0.29, 0.717) is 24.4 Å². The number of amides is 3. The molecule has 0 unspecified atom stereocenters. The third kappa shape index (κ3) is 8.83. The van der Waals surface area contributed by atoms with E-state index in [-0.39, 0.29) is 29.0 Å². The summed E-state index contributed by atoms with van der Waals surface area (Å²) in [5.41, 5.74) is 9.15. The molecule has 3 rings (SSSR count). The van der Waals surface area contributed by atoms with Crippen LogP contribution in [0.3, 0.4) is 0 Å². The van der Waals surface area contributed by atoms with Crippen molar-refractivity contribution < 1.29 is 23.2 Å². The van der Waals surface area contributed by atoms with Gasteiger partial charge in [-0.15, -0.1) is 0 Å². The number of nitrogens with two attached hydrogens (primary N) is 1. The van der Waals surface area contributed by atoms with Gasteiger partial charge in [0.1, 0.15) is 5.56 Å². The summed E-state index contributed by atoms with van der Waals surface area (Å²) >= 11 is 0. The summed E-state index contributed by atoms with van der Waals surface area (Å²) in [7, 11) is 1.63. The zero-order valence-corrected chi connectivity index (χ0v) is 24.3. The van der Waals surface area contributed by atoms with Crippen molar-refractivity contribution in [3.8, 4) is 11.1 Å². The van der Waals surface area contributed by atoms with Crippen molar-refractivity contribution in [3.63, 3.8) is 0 Å². The maximum Gasteiger partial charge on any atom is 0.263 e. The molecule has 0 aliphatic rings. The molecular formula is C31H38F2N4O4. The zero-order valence-electron chi connectivity index (χ0n) is 24.3. The maximum atomic E-state index is 14.3. The van der Waals surface area contributed by atoms with Crippen molar-refractivity contribution in [2.45, 2.75) is 53.5 Å². The lowest BCUT2D eigenvalue weighted by Crippen LogP contribution is -2.32. The van der Waals surface area contributed by atoms with Crippen molar-refractivity contribution in [3.05, 3.63) is 92.4 Å². The molecule has 10 heteroatoms. The summed E-state index contributed by atoms with van der Waals surface area (Å²) in [6.45, 7) is 10.5. The number of benzene rings is 2. The van der Waals surface area contributed by atoms with Crippen LogP contribution < -0.4 is 21.9 Å². The van der Waals surface area contributed by atoms with Crippen LogP contribution in [0.2, 0.25) is 0 Å². The molecule has 1 aromatic heterocycles. The van der Waals surface area contributed by atoms with Crippen LogP contribution >= 0.6 is 0 Å². The van der Waals surface area contributed by atoms with E-state index in [2.05, 4.69) is 24.5 Å². The van der Waals surface area contributed by atoms with Crippen LogP contribution in [0, 0.1) is 38.3 Å². The number of carbonyl (C=O) groups is 3. The van der Waals surface area contributed by atoms with Crippen LogP contribution in [0.25, 0.3) is 11.1 Å². The van der Waals surface area contributed by atoms with Gasteiger partial charge in [-0.05, 0) is 85.2 Å². The SMILES string of the molecule is CC(C)CCNC(=O)c1cccn(C)c1=O.Cc1ccc(C)c(-c2cc(F)c(F)c([C@H](CC(N)=O)NC=O)c2)c1C. The molecule has 8 nitrogen and oxygen atoms in total. The number of nitrogens with zero attached hydrogens (tertiary/aromatic N) is 1. The van der Waals surface area contributed by atoms with Crippen LogP contribution in [0.4, 0.5) is 8.78 Å². The molecule has 3 aromatic rings. The molecule has 0 bridgehead atoms. The number of aryl methyl sites for hydroxylation is 3. The van der Waals surface area contributed by atoms with Crippen LogP contribution in [0.1, 0.15) is 65.3 Å². The molecule has 2 aromatic carbocycles. The van der Waals surface area contributed by atoms with Crippen molar-refractivity contribution >= 4 is 18.2 Å². The summed E-state index contributed by atoms with van der Waals surface area (Å²) in [5.74, 6) is -2.63. The highest BCUT2D eigenvalue weighted by atomic mass is 19.2. The quantitative estimate of drug-likeness (QED) is 0.314. The molecule has 0 aliphatic heterocycles. The minimum atomic E-state index is -1.10. The van der Waals surface area contributed by atoms with Gasteiger partial charge in [-0.1, -0.05) is 26.0 Å². The number of hydrogen-bond donors (Lipinski definition) is 3. The predicted molar refractivity (Wildman–Crippen MR) is 155 cm³/mol. The van der Waals surface area contributed by atoms with Gasteiger partial charge in [0, 0.05) is 25.4 Å². The smallest absolute Gasteiger partial charge is 0.263 e. The fourth-order valence-electron chi connectivity index (χ4n) is 4.29. The van der Waals surface area contributed by atoms with Crippen LogP contribution in [0.5, 0.6) is 0 Å². The molecule has 220 valence electrons. The highest BCUT2D eigenvalue weighted by Gasteiger charge is 2.22. The van der Waals surface area contributed by atoms with Gasteiger partial charge < -0.3 is 20.9 Å². The lowest BCUT2D eigenvalue weighted by atomic mass is 9.90. The Kier molecular flexibility index (Phi) is 11.9. The van der Waals surface area contributed by atoms with E-state index in [1.807, 2.05) is 32.9 Å². The molecule has 0 saturated carbocycles. The Balaban J connectivity index is 0.000000317. The third-order valence-corrected chi connectivity index (χ3v) is 6.71. The molecule has 1 atom stereocenters. The monoisotopic (exact) mass is 568 g/mol. The molecular weight excluding hydrogens is 530 g/mol. The van der Waals surface area contributed by atoms with Gasteiger partial charge in [0.2, 0.25) is 12.3 Å². The van der Waals surface area contributed by atoms with Gasteiger partial charge in [0.05, 0.1) is 12.5 Å². The van der Waals surface area contributed by atoms with Gasteiger partial charge in [-0.3, -0.25) is 19.2 Å². The second-order valence-corrected chi connectivity index (χ2v) is 10.3. The van der Waals surface area contributed by atoms with E-state index in [4.69, 9.17) is 5.73 Å². The summed E-state index contributed by atoms with van der Waals surface area (Å²) < 4.78 is 29.9. The number of pyridine rings is 1. The first-order valence-electron chi connectivity index (χ1n) is 13.3. The highest BCUT2D eigenvalue weighted by molar-refractivity contribution is 5.93. The number of rotatable bonds is 10. The summed E-state index contributed by atoms with van der Waals surface area (Å²) in [6.07, 6.45) is 2.55. The number of carbonyl (C=O) groups excluding carboxylic acids is 3. The van der Waals surface area contributed by atoms with E-state index in [1.54, 1.807) is 25.4 Å². The van der Waals surface area contributed by atoms with Crippen molar-refractivity contribution in [1.29, 1.82) is 0 Å². The normalized spacial score (nSPS) is 11.3. The lowest BCUT2D eigenvalue weighted by Gasteiger charge is -2.19.